The zero-order valence-corrected chi connectivity index (χ0v) is 7.28. The molecule has 2 atom stereocenters. The summed E-state index contributed by atoms with van der Waals surface area (Å²) in [5, 5.41) is -0.653. The first-order valence-electron chi connectivity index (χ1n) is 2.79. The quantitative estimate of drug-likeness (QED) is 0.478. The predicted octanol–water partition coefficient (Wildman–Crippen LogP) is 2.29. The molecule has 0 amide bonds. The van der Waals surface area contributed by atoms with E-state index in [1.165, 1.54) is 0 Å². The standard InChI is InChI=1S/C6H8BrClO/c1-2-6(8)5(7)3-4-9-6/h2,5H,1,3-4H2. The molecule has 0 aromatic carbocycles. The average Bonchev–Trinajstić information content (AvgIpc) is 2.15. The number of hydrogen-bond acceptors (Lipinski definition) is 1. The van der Waals surface area contributed by atoms with E-state index in [1.807, 2.05) is 0 Å². The molecule has 9 heavy (non-hydrogen) atoms. The van der Waals surface area contributed by atoms with E-state index >= 15 is 0 Å². The van der Waals surface area contributed by atoms with Crippen LogP contribution in [-0.4, -0.2) is 16.5 Å². The molecule has 0 spiro atoms. The molecule has 0 radical (unpaired) electrons. The molecule has 0 aromatic heterocycles. The lowest BCUT2D eigenvalue weighted by Gasteiger charge is -2.18. The van der Waals surface area contributed by atoms with Crippen molar-refractivity contribution in [2.45, 2.75) is 16.3 Å². The highest BCUT2D eigenvalue weighted by Crippen LogP contribution is 2.36. The summed E-state index contributed by atoms with van der Waals surface area (Å²) in [7, 11) is 0. The third-order valence-corrected chi connectivity index (χ3v) is 3.33. The van der Waals surface area contributed by atoms with Crippen molar-refractivity contribution < 1.29 is 4.74 Å². The van der Waals surface area contributed by atoms with Gasteiger partial charge in [-0.2, -0.15) is 0 Å². The highest BCUT2D eigenvalue weighted by atomic mass is 79.9. The molecule has 1 heterocycles. The van der Waals surface area contributed by atoms with Crippen LogP contribution in [0, 0.1) is 0 Å². The van der Waals surface area contributed by atoms with Gasteiger partial charge in [-0.25, -0.2) is 0 Å². The number of halogens is 2. The maximum Gasteiger partial charge on any atom is 0.172 e. The van der Waals surface area contributed by atoms with Gasteiger partial charge in [0.2, 0.25) is 0 Å². The van der Waals surface area contributed by atoms with E-state index in [1.54, 1.807) is 6.08 Å². The molecule has 1 saturated heterocycles. The van der Waals surface area contributed by atoms with Gasteiger partial charge in [0.05, 0.1) is 11.4 Å². The first-order valence-corrected chi connectivity index (χ1v) is 4.09. The van der Waals surface area contributed by atoms with E-state index in [-0.39, 0.29) is 4.83 Å². The van der Waals surface area contributed by atoms with Crippen LogP contribution in [0.2, 0.25) is 0 Å². The normalized spacial score (nSPS) is 43.1. The van der Waals surface area contributed by atoms with Crippen LogP contribution in [0.5, 0.6) is 0 Å². The summed E-state index contributed by atoms with van der Waals surface area (Å²) in [6, 6.07) is 0. The highest BCUT2D eigenvalue weighted by molar-refractivity contribution is 9.09. The molecule has 1 nitrogen and oxygen atoms in total. The molecule has 1 aliphatic heterocycles. The molecular weight excluding hydrogens is 203 g/mol. The lowest BCUT2D eigenvalue weighted by atomic mass is 10.2. The van der Waals surface area contributed by atoms with Crippen LogP contribution in [0.1, 0.15) is 6.42 Å². The zero-order valence-electron chi connectivity index (χ0n) is 4.94. The molecule has 2 unspecified atom stereocenters. The van der Waals surface area contributed by atoms with E-state index in [2.05, 4.69) is 22.5 Å². The molecule has 0 saturated carbocycles. The van der Waals surface area contributed by atoms with E-state index in [0.717, 1.165) is 6.42 Å². The van der Waals surface area contributed by atoms with E-state index in [9.17, 15) is 0 Å². The van der Waals surface area contributed by atoms with Crippen molar-refractivity contribution in [1.29, 1.82) is 0 Å². The van der Waals surface area contributed by atoms with Crippen molar-refractivity contribution in [3.63, 3.8) is 0 Å². The van der Waals surface area contributed by atoms with Gasteiger partial charge in [0.25, 0.3) is 0 Å². The summed E-state index contributed by atoms with van der Waals surface area (Å²) in [5.74, 6) is 0. The largest absolute Gasteiger partial charge is 0.355 e. The van der Waals surface area contributed by atoms with Crippen molar-refractivity contribution in [2.24, 2.45) is 0 Å². The third kappa shape index (κ3) is 1.31. The van der Waals surface area contributed by atoms with E-state index < -0.39 is 5.06 Å². The smallest absolute Gasteiger partial charge is 0.172 e. The van der Waals surface area contributed by atoms with Crippen molar-refractivity contribution >= 4 is 27.5 Å². The van der Waals surface area contributed by atoms with Gasteiger partial charge >= 0.3 is 0 Å². The van der Waals surface area contributed by atoms with Crippen LogP contribution in [0.3, 0.4) is 0 Å². The lowest BCUT2D eigenvalue weighted by Crippen LogP contribution is -2.25. The Labute approximate surface area is 68.2 Å². The minimum atomic E-state index is -0.653. The molecule has 3 heteroatoms. The lowest BCUT2D eigenvalue weighted by molar-refractivity contribution is 0.116. The minimum Gasteiger partial charge on any atom is -0.355 e. The Morgan fingerprint density at radius 3 is 2.78 bits per heavy atom. The Hall–Kier alpha value is 0.470. The average molecular weight is 211 g/mol. The summed E-state index contributed by atoms with van der Waals surface area (Å²) >= 11 is 9.31. The van der Waals surface area contributed by atoms with Gasteiger partial charge in [-0.15, -0.1) is 0 Å². The molecule has 0 aromatic rings. The van der Waals surface area contributed by atoms with E-state index in [0.29, 0.717) is 6.61 Å². The summed E-state index contributed by atoms with van der Waals surface area (Å²) in [5.41, 5.74) is 0. The number of alkyl halides is 2. The van der Waals surface area contributed by atoms with Crippen molar-refractivity contribution in [3.05, 3.63) is 12.7 Å². The van der Waals surface area contributed by atoms with Crippen molar-refractivity contribution in [3.8, 4) is 0 Å². The number of rotatable bonds is 1. The van der Waals surface area contributed by atoms with Crippen molar-refractivity contribution in [2.75, 3.05) is 6.61 Å². The fourth-order valence-corrected chi connectivity index (χ4v) is 1.49. The Balaban J connectivity index is 2.66. The molecule has 1 fully saturated rings. The summed E-state index contributed by atoms with van der Waals surface area (Å²) in [4.78, 5) is 0.212. The van der Waals surface area contributed by atoms with Gasteiger partial charge in [-0.3, -0.25) is 0 Å². The van der Waals surface area contributed by atoms with E-state index in [4.69, 9.17) is 16.3 Å². The highest BCUT2D eigenvalue weighted by Gasteiger charge is 2.38. The van der Waals surface area contributed by atoms with Gasteiger partial charge in [-0.1, -0.05) is 34.1 Å². The molecule has 1 aliphatic rings. The fourth-order valence-electron chi connectivity index (χ4n) is 0.793. The molecule has 52 valence electrons. The second-order valence-electron chi connectivity index (χ2n) is 2.01. The van der Waals surface area contributed by atoms with Crippen LogP contribution < -0.4 is 0 Å². The maximum atomic E-state index is 5.92. The van der Waals surface area contributed by atoms with Gasteiger partial charge in [0.15, 0.2) is 5.06 Å². The Bertz CT molecular complexity index is 128. The van der Waals surface area contributed by atoms with Crippen LogP contribution >= 0.6 is 27.5 Å². The van der Waals surface area contributed by atoms with Crippen LogP contribution in [-0.2, 0) is 4.74 Å². The van der Waals surface area contributed by atoms with Crippen LogP contribution in [0.15, 0.2) is 12.7 Å². The summed E-state index contributed by atoms with van der Waals surface area (Å²) in [6.07, 6.45) is 2.58. The topological polar surface area (TPSA) is 9.23 Å². The third-order valence-electron chi connectivity index (χ3n) is 1.40. The Kier molecular flexibility index (Phi) is 2.19. The molecule has 0 aliphatic carbocycles. The second kappa shape index (κ2) is 2.60. The van der Waals surface area contributed by atoms with Gasteiger partial charge in [-0.05, 0) is 12.5 Å². The summed E-state index contributed by atoms with van der Waals surface area (Å²) in [6.45, 7) is 4.29. The second-order valence-corrected chi connectivity index (χ2v) is 3.70. The van der Waals surface area contributed by atoms with Gasteiger partial charge in [0.1, 0.15) is 0 Å². The fraction of sp³-hybridized carbons (Fsp3) is 0.667. The Morgan fingerprint density at radius 1 is 1.89 bits per heavy atom. The summed E-state index contributed by atoms with van der Waals surface area (Å²) < 4.78 is 5.20. The molecule has 0 bridgehead atoms. The zero-order chi connectivity index (χ0) is 6.91. The SMILES string of the molecule is C=CC1(Cl)OCCC1Br. The first kappa shape index (κ1) is 7.58. The van der Waals surface area contributed by atoms with Gasteiger partial charge in [0, 0.05) is 0 Å². The predicted molar refractivity (Wildman–Crippen MR) is 42.1 cm³/mol. The molecule has 0 N–H and O–H groups in total. The molecule has 1 rings (SSSR count). The number of hydrogen-bond donors (Lipinski definition) is 0. The minimum absolute atomic E-state index is 0.212. The molecular formula is C6H8BrClO. The van der Waals surface area contributed by atoms with Crippen LogP contribution in [0.4, 0.5) is 0 Å². The van der Waals surface area contributed by atoms with Crippen molar-refractivity contribution in [1.82, 2.24) is 0 Å². The Morgan fingerprint density at radius 2 is 2.56 bits per heavy atom. The maximum absolute atomic E-state index is 5.92. The van der Waals surface area contributed by atoms with Gasteiger partial charge < -0.3 is 4.74 Å². The number of ether oxygens (including phenoxy) is 1. The first-order chi connectivity index (χ1) is 4.19. The monoisotopic (exact) mass is 210 g/mol. The van der Waals surface area contributed by atoms with Crippen LogP contribution in [0.25, 0.3) is 0 Å².